The number of nitrogens with zero attached hydrogens (tertiary/aromatic N) is 1. The van der Waals surface area contributed by atoms with Crippen molar-refractivity contribution >= 4 is 11.7 Å². The Morgan fingerprint density at radius 1 is 1.43 bits per heavy atom. The Bertz CT molecular complexity index is 285. The first-order valence-electron chi connectivity index (χ1n) is 4.68. The number of benzene rings is 1. The predicted molar refractivity (Wildman–Crippen MR) is 57.8 cm³/mol. The van der Waals surface area contributed by atoms with Gasteiger partial charge in [-0.2, -0.15) is 0 Å². The molecule has 1 rings (SSSR count). The number of anilines is 1. The average Bonchev–Trinajstić information content (AvgIpc) is 2.19. The normalized spacial score (nSPS) is 9.57. The van der Waals surface area contributed by atoms with Gasteiger partial charge in [0.05, 0.1) is 0 Å². The molecule has 0 aromatic heterocycles. The number of carbonyl (C=O) groups is 1. The van der Waals surface area contributed by atoms with Gasteiger partial charge in [0.25, 0.3) is 0 Å². The first kappa shape index (κ1) is 10.6. The summed E-state index contributed by atoms with van der Waals surface area (Å²) < 4.78 is 0. The van der Waals surface area contributed by atoms with E-state index in [1.165, 1.54) is 4.90 Å². The number of amides is 2. The van der Waals surface area contributed by atoms with Crippen LogP contribution in [0.1, 0.15) is 13.3 Å². The maximum Gasteiger partial charge on any atom is 0.321 e. The maximum absolute atomic E-state index is 11.5. The van der Waals surface area contributed by atoms with Gasteiger partial charge < -0.3 is 10.2 Å². The molecule has 1 aromatic rings. The second-order valence-electron chi connectivity index (χ2n) is 3.06. The van der Waals surface area contributed by atoms with Crippen molar-refractivity contribution < 1.29 is 4.79 Å². The van der Waals surface area contributed by atoms with Crippen LogP contribution in [0.4, 0.5) is 10.5 Å². The van der Waals surface area contributed by atoms with Gasteiger partial charge in [-0.1, -0.05) is 25.1 Å². The Labute approximate surface area is 84.7 Å². The molecule has 0 aliphatic rings. The number of nitrogens with one attached hydrogen (secondary N) is 1. The highest BCUT2D eigenvalue weighted by atomic mass is 16.2. The minimum absolute atomic E-state index is 0.168. The number of urea groups is 1. The fraction of sp³-hybridized carbons (Fsp3) is 0.273. The Kier molecular flexibility index (Phi) is 3.98. The van der Waals surface area contributed by atoms with E-state index in [2.05, 4.69) is 12.4 Å². The molecule has 3 heteroatoms. The Balaban J connectivity index is 2.49. The summed E-state index contributed by atoms with van der Waals surface area (Å²) >= 11 is 0. The zero-order chi connectivity index (χ0) is 10.4. The molecule has 1 N–H and O–H groups in total. The van der Waals surface area contributed by atoms with Crippen molar-refractivity contribution in [2.24, 2.45) is 0 Å². The van der Waals surface area contributed by atoms with E-state index in [1.807, 2.05) is 37.3 Å². The van der Waals surface area contributed by atoms with Crippen molar-refractivity contribution in [2.75, 3.05) is 11.9 Å². The van der Waals surface area contributed by atoms with Crippen LogP contribution < -0.4 is 5.32 Å². The highest BCUT2D eigenvalue weighted by Gasteiger charge is 2.06. The number of carbonyl (C=O) groups excluding carboxylic acids is 1. The van der Waals surface area contributed by atoms with Crippen LogP contribution in [0.25, 0.3) is 0 Å². The van der Waals surface area contributed by atoms with Gasteiger partial charge in [-0.05, 0) is 18.6 Å². The highest BCUT2D eigenvalue weighted by Crippen LogP contribution is 2.06. The fourth-order valence-electron chi connectivity index (χ4n) is 1.10. The molecule has 0 atom stereocenters. The molecule has 0 unspecified atom stereocenters. The molecule has 1 radical (unpaired) electrons. The van der Waals surface area contributed by atoms with Gasteiger partial charge >= 0.3 is 6.03 Å². The fourth-order valence-corrected chi connectivity index (χ4v) is 1.10. The van der Waals surface area contributed by atoms with E-state index in [0.717, 1.165) is 12.1 Å². The average molecular weight is 191 g/mol. The molecular formula is C11H15N2O. The third kappa shape index (κ3) is 3.09. The molecule has 0 spiro atoms. The lowest BCUT2D eigenvalue weighted by Gasteiger charge is -2.16. The molecule has 1 aromatic carbocycles. The van der Waals surface area contributed by atoms with Crippen molar-refractivity contribution in [1.29, 1.82) is 0 Å². The van der Waals surface area contributed by atoms with Gasteiger partial charge in [-0.3, -0.25) is 0 Å². The standard InChI is InChI=1S/C11H15N2O/c1-3-9-13(2)11(14)12-10-7-5-4-6-8-10/h4-8H,2-3,9H2,1H3,(H,12,14). The molecule has 0 fully saturated rings. The van der Waals surface area contributed by atoms with Crippen LogP contribution >= 0.6 is 0 Å². The summed E-state index contributed by atoms with van der Waals surface area (Å²) in [4.78, 5) is 12.9. The molecule has 0 heterocycles. The van der Waals surface area contributed by atoms with Crippen LogP contribution in [-0.4, -0.2) is 17.5 Å². The minimum Gasteiger partial charge on any atom is -0.323 e. The molecule has 3 nitrogen and oxygen atoms in total. The Morgan fingerprint density at radius 3 is 2.64 bits per heavy atom. The van der Waals surface area contributed by atoms with Crippen LogP contribution in [0.5, 0.6) is 0 Å². The first-order chi connectivity index (χ1) is 6.74. The van der Waals surface area contributed by atoms with Gasteiger partial charge in [0.15, 0.2) is 0 Å². The topological polar surface area (TPSA) is 32.3 Å². The van der Waals surface area contributed by atoms with Gasteiger partial charge in [0.2, 0.25) is 0 Å². The lowest BCUT2D eigenvalue weighted by atomic mass is 10.3. The van der Waals surface area contributed by atoms with Gasteiger partial charge in [0, 0.05) is 19.3 Å². The summed E-state index contributed by atoms with van der Waals surface area (Å²) in [5.41, 5.74) is 0.794. The molecule has 0 bridgehead atoms. The summed E-state index contributed by atoms with van der Waals surface area (Å²) in [5.74, 6) is 0. The lowest BCUT2D eigenvalue weighted by molar-refractivity contribution is 0.227. The van der Waals surface area contributed by atoms with E-state index in [9.17, 15) is 4.79 Å². The summed E-state index contributed by atoms with van der Waals surface area (Å²) in [7, 11) is 3.65. The molecular weight excluding hydrogens is 176 g/mol. The van der Waals surface area contributed by atoms with Crippen LogP contribution in [0.2, 0.25) is 0 Å². The van der Waals surface area contributed by atoms with E-state index in [1.54, 1.807) is 0 Å². The SMILES string of the molecule is [CH2]N(CCC)C(=O)Nc1ccccc1. The zero-order valence-corrected chi connectivity index (χ0v) is 8.36. The summed E-state index contributed by atoms with van der Waals surface area (Å²) in [5, 5.41) is 2.75. The van der Waals surface area contributed by atoms with E-state index < -0.39 is 0 Å². The number of hydrogen-bond donors (Lipinski definition) is 1. The summed E-state index contributed by atoms with van der Waals surface area (Å²) in [6.45, 7) is 2.67. The third-order valence-corrected chi connectivity index (χ3v) is 1.81. The quantitative estimate of drug-likeness (QED) is 0.782. The van der Waals surface area contributed by atoms with Crippen molar-refractivity contribution in [3.05, 3.63) is 37.4 Å². The van der Waals surface area contributed by atoms with Crippen LogP contribution in [0, 0.1) is 7.05 Å². The maximum atomic E-state index is 11.5. The predicted octanol–water partition coefficient (Wildman–Crippen LogP) is 2.72. The first-order valence-corrected chi connectivity index (χ1v) is 4.68. The molecule has 0 saturated carbocycles. The second kappa shape index (κ2) is 5.27. The van der Waals surface area contributed by atoms with Gasteiger partial charge in [0.1, 0.15) is 0 Å². The van der Waals surface area contributed by atoms with Crippen molar-refractivity contribution in [3.8, 4) is 0 Å². The zero-order valence-electron chi connectivity index (χ0n) is 8.36. The lowest BCUT2D eigenvalue weighted by Crippen LogP contribution is -2.30. The van der Waals surface area contributed by atoms with Crippen molar-refractivity contribution in [2.45, 2.75) is 13.3 Å². The van der Waals surface area contributed by atoms with Crippen molar-refractivity contribution in [3.63, 3.8) is 0 Å². The molecule has 14 heavy (non-hydrogen) atoms. The summed E-state index contributed by atoms with van der Waals surface area (Å²) in [6, 6.07) is 9.18. The molecule has 0 aliphatic heterocycles. The number of hydrogen-bond acceptors (Lipinski definition) is 1. The molecule has 2 amide bonds. The Hall–Kier alpha value is -1.51. The van der Waals surface area contributed by atoms with Gasteiger partial charge in [-0.15, -0.1) is 0 Å². The van der Waals surface area contributed by atoms with Crippen LogP contribution in [-0.2, 0) is 0 Å². The second-order valence-corrected chi connectivity index (χ2v) is 3.06. The molecule has 75 valence electrons. The van der Waals surface area contributed by atoms with Crippen LogP contribution in [0.15, 0.2) is 30.3 Å². The molecule has 0 aliphatic carbocycles. The van der Waals surface area contributed by atoms with E-state index >= 15 is 0 Å². The smallest absolute Gasteiger partial charge is 0.321 e. The monoisotopic (exact) mass is 191 g/mol. The minimum atomic E-state index is -0.168. The number of rotatable bonds is 3. The number of para-hydroxylation sites is 1. The highest BCUT2D eigenvalue weighted by molar-refractivity contribution is 5.89. The summed E-state index contributed by atoms with van der Waals surface area (Å²) in [6.07, 6.45) is 0.908. The third-order valence-electron chi connectivity index (χ3n) is 1.81. The molecule has 0 saturated heterocycles. The van der Waals surface area contributed by atoms with E-state index in [0.29, 0.717) is 6.54 Å². The van der Waals surface area contributed by atoms with E-state index in [4.69, 9.17) is 0 Å². The van der Waals surface area contributed by atoms with Crippen LogP contribution in [0.3, 0.4) is 0 Å². The van der Waals surface area contributed by atoms with Gasteiger partial charge in [-0.25, -0.2) is 4.79 Å². The Morgan fingerprint density at radius 2 is 2.07 bits per heavy atom. The van der Waals surface area contributed by atoms with Crippen molar-refractivity contribution in [1.82, 2.24) is 4.90 Å². The van der Waals surface area contributed by atoms with E-state index in [-0.39, 0.29) is 6.03 Å². The largest absolute Gasteiger partial charge is 0.323 e.